The van der Waals surface area contributed by atoms with Gasteiger partial charge in [0.05, 0.1) is 55.9 Å². The molecule has 0 spiro atoms. The van der Waals surface area contributed by atoms with Gasteiger partial charge in [-0.15, -0.1) is 0 Å². The zero-order valence-electron chi connectivity index (χ0n) is 79.4. The number of aromatic nitrogens is 10. The summed E-state index contributed by atoms with van der Waals surface area (Å²) < 4.78 is 13.6. The zero-order valence-corrected chi connectivity index (χ0v) is 79.4. The third-order valence-corrected chi connectivity index (χ3v) is 29.4. The molecule has 20 aromatic carbocycles. The van der Waals surface area contributed by atoms with E-state index in [4.69, 9.17) is 39.3 Å². The fourth-order valence-electron chi connectivity index (χ4n) is 22.6. The first-order valence-electron chi connectivity index (χ1n) is 49.1. The lowest BCUT2D eigenvalue weighted by molar-refractivity contribution is 0.666. The first-order chi connectivity index (χ1) is 70.9. The Hall–Kier alpha value is -18.7. The fourth-order valence-corrected chi connectivity index (χ4v) is 22.6. The van der Waals surface area contributed by atoms with Crippen LogP contribution in [0.15, 0.2) is 478 Å². The second-order valence-corrected chi connectivity index (χ2v) is 38.6. The van der Waals surface area contributed by atoms with E-state index < -0.39 is 0 Å². The average Bonchev–Trinajstić information content (AvgIpc) is 1.53. The smallest absolute Gasteiger partial charge is 0.238 e. The van der Waals surface area contributed by atoms with Gasteiger partial charge in [-0.2, -0.15) is 9.97 Å². The van der Waals surface area contributed by atoms with E-state index in [1.54, 1.807) is 0 Å². The molecule has 7 aromatic heterocycles. The Labute approximate surface area is 831 Å². The van der Waals surface area contributed by atoms with Gasteiger partial charge < -0.3 is 13.6 Å². The largest absolute Gasteiger partial charge is 0.454 e. The number of fused-ring (bicyclic) bond motifs is 23. The molecule has 29 rings (SSSR count). The van der Waals surface area contributed by atoms with Crippen LogP contribution < -0.4 is 0 Å². The summed E-state index contributed by atoms with van der Waals surface area (Å²) in [5.74, 6) is 3.29. The minimum Gasteiger partial charge on any atom is -0.454 e. The van der Waals surface area contributed by atoms with Crippen molar-refractivity contribution >= 4 is 109 Å². The summed E-state index contributed by atoms with van der Waals surface area (Å²) in [6, 6.07) is 167. The summed E-state index contributed by atoms with van der Waals surface area (Å²) in [6.45, 7) is 9.46. The lowest BCUT2D eigenvalue weighted by Crippen LogP contribution is -2.15. The van der Waals surface area contributed by atoms with Crippen LogP contribution in [0.5, 0.6) is 0 Å². The number of hydrogen-bond donors (Lipinski definition) is 0. The third-order valence-electron chi connectivity index (χ3n) is 29.4. The van der Waals surface area contributed by atoms with E-state index in [9.17, 15) is 0 Å². The van der Waals surface area contributed by atoms with Crippen molar-refractivity contribution in [3.8, 4) is 141 Å². The molecule has 0 saturated carbocycles. The Kier molecular flexibility index (Phi) is 20.0. The first kappa shape index (κ1) is 84.6. The van der Waals surface area contributed by atoms with E-state index in [1.807, 2.05) is 72.8 Å². The molecule has 0 aliphatic heterocycles. The maximum atomic E-state index is 6.56. The van der Waals surface area contributed by atoms with Crippen LogP contribution in [-0.2, 0) is 10.8 Å². The second kappa shape index (κ2) is 34.1. The van der Waals surface area contributed by atoms with Crippen molar-refractivity contribution in [3.05, 3.63) is 495 Å². The molecule has 2 aliphatic rings. The molecule has 144 heavy (non-hydrogen) atoms. The molecule has 27 aromatic rings. The standard InChI is InChI=1S/C50H34N4.C43H31N3.C40H25N3O/c1-50(2)42-19-11-10-18-39(42)40-25-27-44-45(46(40)50)41-30-36(31-12-4-3-5-13-31)24-26-43(41)54(44)49-52-47(37-22-20-32-14-6-8-16-34(32)28-37)51-48(53-49)38-23-21-33-15-7-9-17-35(33)29-38;1-43(2)35-19-11-9-17-32(35)33-25-26-39-40(41(33)43)34-18-10-12-20-38(34)46(39)31-23-21-29(22-24-31)37-27-36(28-13-5-3-6-14-28)44-42(45-37)30-15-7-4-8-16-30;1-3-12-26(13-4-1)34-25-35(42-40(41-34)27-14-5-2-6-15-27)28-16-11-17-29(24-28)43-36-20-9-7-18-30(36)32-22-23-33-31-19-8-10-21-37(31)44-39(33)38(32)43/h3-30H,1-2H3;3-27H,1-2H3;1-25H. The van der Waals surface area contributed by atoms with Crippen LogP contribution in [0.2, 0.25) is 0 Å². The maximum absolute atomic E-state index is 6.56. The molecule has 11 nitrogen and oxygen atoms in total. The normalized spacial score (nSPS) is 12.7. The highest BCUT2D eigenvalue weighted by Crippen LogP contribution is 2.56. The van der Waals surface area contributed by atoms with Gasteiger partial charge in [-0.25, -0.2) is 24.9 Å². The summed E-state index contributed by atoms with van der Waals surface area (Å²) in [7, 11) is 0. The Morgan fingerprint density at radius 2 is 0.611 bits per heavy atom. The van der Waals surface area contributed by atoms with Gasteiger partial charge in [-0.05, 0) is 174 Å². The highest BCUT2D eigenvalue weighted by molar-refractivity contribution is 6.22. The van der Waals surface area contributed by atoms with E-state index in [1.165, 1.54) is 104 Å². The first-order valence-corrected chi connectivity index (χ1v) is 49.1. The van der Waals surface area contributed by atoms with E-state index in [0.717, 1.165) is 145 Å². The Bertz CT molecular complexity index is 9610. The van der Waals surface area contributed by atoms with Crippen molar-refractivity contribution < 1.29 is 4.42 Å². The minimum absolute atomic E-state index is 0.0931. The number of nitrogens with zero attached hydrogens (tertiary/aromatic N) is 10. The van der Waals surface area contributed by atoms with Gasteiger partial charge in [0.2, 0.25) is 5.95 Å². The van der Waals surface area contributed by atoms with Crippen molar-refractivity contribution in [2.45, 2.75) is 38.5 Å². The van der Waals surface area contributed by atoms with E-state index >= 15 is 0 Å². The minimum atomic E-state index is -0.209. The molecule has 0 N–H and O–H groups in total. The highest BCUT2D eigenvalue weighted by atomic mass is 16.3. The van der Waals surface area contributed by atoms with Gasteiger partial charge >= 0.3 is 0 Å². The highest BCUT2D eigenvalue weighted by Gasteiger charge is 2.41. The third kappa shape index (κ3) is 14.2. The summed E-state index contributed by atoms with van der Waals surface area (Å²) in [6.07, 6.45) is 0. The Morgan fingerprint density at radius 1 is 0.208 bits per heavy atom. The molecule has 0 unspecified atom stereocenters. The SMILES string of the molecule is CC1(C)c2ccccc2-c2ccc3c(c21)c1cc(-c2ccccc2)ccc1n3-c1nc(-c2ccc3ccccc3c2)nc(-c2ccc3ccccc3c2)n1.CC1(C)c2ccccc2-c2ccc3c(c21)c1ccccc1n3-c1ccc(-c2cc(-c3ccccc3)nc(-c3ccccc3)n2)cc1.c1ccc(-c2cc(-c3cccc(-n4c5ccccc5c5ccc6c7ccccc7oc6c54)c3)nc(-c3ccccc3)n2)cc1. The van der Waals surface area contributed by atoms with Crippen LogP contribution in [0.25, 0.3) is 250 Å². The van der Waals surface area contributed by atoms with Crippen molar-refractivity contribution in [2.24, 2.45) is 0 Å². The van der Waals surface area contributed by atoms with E-state index in [2.05, 4.69) is 442 Å². The zero-order chi connectivity index (χ0) is 95.8. The summed E-state index contributed by atoms with van der Waals surface area (Å²) in [5.41, 5.74) is 35.2. The van der Waals surface area contributed by atoms with Gasteiger partial charge in [-0.1, -0.05) is 404 Å². The number of rotatable bonds is 12. The molecule has 0 atom stereocenters. The molecular weight excluding hydrogens is 1750 g/mol. The van der Waals surface area contributed by atoms with E-state index in [0.29, 0.717) is 23.4 Å². The fraction of sp³-hybridized carbons (Fsp3) is 0.0451. The molecule has 0 radical (unpaired) electrons. The summed E-state index contributed by atoms with van der Waals surface area (Å²) >= 11 is 0. The lowest BCUT2D eigenvalue weighted by atomic mass is 9.80. The number of benzene rings is 20. The Morgan fingerprint density at radius 3 is 1.17 bits per heavy atom. The van der Waals surface area contributed by atoms with Crippen LogP contribution in [0.1, 0.15) is 49.9 Å². The molecular formula is C133H90N10O. The molecule has 678 valence electrons. The average molecular weight is 1840 g/mol. The van der Waals surface area contributed by atoms with Crippen molar-refractivity contribution in [1.82, 2.24) is 48.6 Å². The summed E-state index contributed by atoms with van der Waals surface area (Å²) in [4.78, 5) is 35.9. The van der Waals surface area contributed by atoms with Crippen molar-refractivity contribution in [3.63, 3.8) is 0 Å². The van der Waals surface area contributed by atoms with Gasteiger partial charge in [0.1, 0.15) is 5.58 Å². The van der Waals surface area contributed by atoms with Gasteiger partial charge in [0.15, 0.2) is 28.9 Å². The van der Waals surface area contributed by atoms with Gasteiger partial charge in [0, 0.05) is 110 Å². The van der Waals surface area contributed by atoms with Crippen LogP contribution in [0.4, 0.5) is 0 Å². The number of furan rings is 1. The number of para-hydroxylation sites is 3. The topological polar surface area (TPSA) is 118 Å². The molecule has 0 amide bonds. The van der Waals surface area contributed by atoms with E-state index in [-0.39, 0.29) is 10.8 Å². The molecule has 0 fully saturated rings. The van der Waals surface area contributed by atoms with Crippen LogP contribution >= 0.6 is 0 Å². The lowest BCUT2D eigenvalue weighted by Gasteiger charge is -2.22. The molecule has 7 heterocycles. The van der Waals surface area contributed by atoms with Crippen molar-refractivity contribution in [1.29, 1.82) is 0 Å². The van der Waals surface area contributed by atoms with Crippen molar-refractivity contribution in [2.75, 3.05) is 0 Å². The Balaban J connectivity index is 0.000000108. The molecule has 0 bridgehead atoms. The van der Waals surface area contributed by atoms with Gasteiger partial charge in [-0.3, -0.25) is 4.57 Å². The summed E-state index contributed by atoms with van der Waals surface area (Å²) in [5, 5.41) is 14.3. The predicted molar refractivity (Wildman–Crippen MR) is 593 cm³/mol. The molecule has 11 heteroatoms. The van der Waals surface area contributed by atoms with Gasteiger partial charge in [0.25, 0.3) is 0 Å². The number of hydrogen-bond acceptors (Lipinski definition) is 8. The molecule has 0 saturated heterocycles. The van der Waals surface area contributed by atoms with Crippen LogP contribution in [0, 0.1) is 0 Å². The second-order valence-electron chi connectivity index (χ2n) is 38.6. The van der Waals surface area contributed by atoms with Crippen LogP contribution in [-0.4, -0.2) is 48.6 Å². The monoisotopic (exact) mass is 1840 g/mol. The molecule has 2 aliphatic carbocycles. The maximum Gasteiger partial charge on any atom is 0.238 e. The quantitative estimate of drug-likeness (QED) is 0.119. The predicted octanol–water partition coefficient (Wildman–Crippen LogP) is 33.9. The van der Waals surface area contributed by atoms with Crippen LogP contribution in [0.3, 0.4) is 0 Å².